The predicted molar refractivity (Wildman–Crippen MR) is 37.9 cm³/mol. The van der Waals surface area contributed by atoms with Gasteiger partial charge in [-0.15, -0.1) is 6.58 Å². The Morgan fingerprint density at radius 3 is 3.00 bits per heavy atom. The molecule has 4 heteroatoms. The zero-order valence-corrected chi connectivity index (χ0v) is 5.96. The Bertz CT molecular complexity index is 125. The molecule has 0 saturated heterocycles. The van der Waals surface area contributed by atoms with Crippen LogP contribution in [0.25, 0.3) is 0 Å². The molecule has 0 aromatic heterocycles. The van der Waals surface area contributed by atoms with Gasteiger partial charge in [0.1, 0.15) is 6.10 Å². The monoisotopic (exact) mass is 144 g/mol. The summed E-state index contributed by atoms with van der Waals surface area (Å²) in [6, 6.07) is 0. The number of rotatable bonds is 4. The number of hydroxylamine groups is 1. The fourth-order valence-corrected chi connectivity index (χ4v) is 0.248. The van der Waals surface area contributed by atoms with E-state index in [-0.39, 0.29) is 18.6 Å². The second-order valence-corrected chi connectivity index (χ2v) is 1.79. The van der Waals surface area contributed by atoms with Gasteiger partial charge in [-0.25, -0.2) is 5.48 Å². The molecule has 58 valence electrons. The molecule has 0 bridgehead atoms. The maximum Gasteiger partial charge on any atom is 0.257 e. The third-order valence-corrected chi connectivity index (χ3v) is 0.876. The lowest BCUT2D eigenvalue weighted by Gasteiger charge is -2.06. The summed E-state index contributed by atoms with van der Waals surface area (Å²) in [5.41, 5.74) is 7.13. The molecule has 4 nitrogen and oxygen atoms in total. The fourth-order valence-electron chi connectivity index (χ4n) is 0.248. The molecule has 1 amide bonds. The molecular weight excluding hydrogens is 132 g/mol. The van der Waals surface area contributed by atoms with Gasteiger partial charge in [0.05, 0.1) is 6.54 Å². The van der Waals surface area contributed by atoms with E-state index < -0.39 is 0 Å². The van der Waals surface area contributed by atoms with Crippen LogP contribution in [0.3, 0.4) is 0 Å². The van der Waals surface area contributed by atoms with Gasteiger partial charge in [-0.05, 0) is 6.92 Å². The Balaban J connectivity index is 3.34. The molecule has 0 radical (unpaired) electrons. The van der Waals surface area contributed by atoms with Gasteiger partial charge in [-0.3, -0.25) is 9.63 Å². The van der Waals surface area contributed by atoms with E-state index in [0.717, 1.165) is 0 Å². The number of hydrogen-bond donors (Lipinski definition) is 2. The van der Waals surface area contributed by atoms with E-state index in [9.17, 15) is 4.79 Å². The van der Waals surface area contributed by atoms with Crippen LogP contribution in [0, 0.1) is 0 Å². The molecule has 0 aliphatic heterocycles. The molecule has 3 N–H and O–H groups in total. The lowest BCUT2D eigenvalue weighted by molar-refractivity contribution is -0.134. The predicted octanol–water partition coefficient (Wildman–Crippen LogP) is -0.433. The number of nitrogens with two attached hydrogens (primary N) is 1. The highest BCUT2D eigenvalue weighted by atomic mass is 16.7. The fraction of sp³-hybridized carbons (Fsp3) is 0.500. The second-order valence-electron chi connectivity index (χ2n) is 1.79. The maximum absolute atomic E-state index is 10.4. The van der Waals surface area contributed by atoms with Crippen LogP contribution in [-0.2, 0) is 9.63 Å². The van der Waals surface area contributed by atoms with Crippen LogP contribution >= 0.6 is 0 Å². The first kappa shape index (κ1) is 9.13. The minimum atomic E-state index is -0.339. The molecular formula is C6H12N2O2. The van der Waals surface area contributed by atoms with Crippen molar-refractivity contribution < 1.29 is 9.63 Å². The Kier molecular flexibility index (Phi) is 4.53. The maximum atomic E-state index is 10.4. The summed E-state index contributed by atoms with van der Waals surface area (Å²) in [5, 5.41) is 0. The van der Waals surface area contributed by atoms with Crippen molar-refractivity contribution >= 4 is 5.91 Å². The van der Waals surface area contributed by atoms with Crippen molar-refractivity contribution in [3.63, 3.8) is 0 Å². The SMILES string of the molecule is C=CC(C)ONC(=O)CN. The van der Waals surface area contributed by atoms with Crippen molar-refractivity contribution in [1.29, 1.82) is 0 Å². The van der Waals surface area contributed by atoms with Crippen molar-refractivity contribution in [3.05, 3.63) is 12.7 Å². The van der Waals surface area contributed by atoms with Crippen LogP contribution in [0.5, 0.6) is 0 Å². The van der Waals surface area contributed by atoms with E-state index in [1.807, 2.05) is 0 Å². The van der Waals surface area contributed by atoms with E-state index in [1.54, 1.807) is 13.0 Å². The van der Waals surface area contributed by atoms with Gasteiger partial charge in [0.15, 0.2) is 0 Å². The summed E-state index contributed by atoms with van der Waals surface area (Å²) in [6.07, 6.45) is 1.38. The number of nitrogens with one attached hydrogen (secondary N) is 1. The van der Waals surface area contributed by atoms with Crippen LogP contribution in [0.2, 0.25) is 0 Å². The number of carbonyl (C=O) groups is 1. The van der Waals surface area contributed by atoms with Crippen molar-refractivity contribution in [2.75, 3.05) is 6.54 Å². The second kappa shape index (κ2) is 4.96. The first-order valence-electron chi connectivity index (χ1n) is 2.97. The van der Waals surface area contributed by atoms with Gasteiger partial charge in [0, 0.05) is 0 Å². The van der Waals surface area contributed by atoms with Gasteiger partial charge in [0.2, 0.25) is 0 Å². The van der Waals surface area contributed by atoms with Crippen molar-refractivity contribution in [2.24, 2.45) is 5.73 Å². The third kappa shape index (κ3) is 4.05. The highest BCUT2D eigenvalue weighted by molar-refractivity contribution is 5.76. The lowest BCUT2D eigenvalue weighted by Crippen LogP contribution is -2.32. The van der Waals surface area contributed by atoms with Crippen LogP contribution < -0.4 is 11.2 Å². The largest absolute Gasteiger partial charge is 0.322 e. The first-order chi connectivity index (χ1) is 4.70. The minimum absolute atomic E-state index is 0.0656. The van der Waals surface area contributed by atoms with Gasteiger partial charge >= 0.3 is 0 Å². The smallest absolute Gasteiger partial charge is 0.257 e. The van der Waals surface area contributed by atoms with E-state index in [2.05, 4.69) is 12.1 Å². The normalized spacial score (nSPS) is 12.2. The van der Waals surface area contributed by atoms with Crippen molar-refractivity contribution in [2.45, 2.75) is 13.0 Å². The molecule has 1 atom stereocenters. The number of carbonyl (C=O) groups excluding carboxylic acids is 1. The molecule has 1 unspecified atom stereocenters. The van der Waals surface area contributed by atoms with E-state index >= 15 is 0 Å². The molecule has 0 heterocycles. The highest BCUT2D eigenvalue weighted by Gasteiger charge is 1.98. The first-order valence-corrected chi connectivity index (χ1v) is 2.97. The van der Waals surface area contributed by atoms with Gasteiger partial charge in [-0.2, -0.15) is 0 Å². The Labute approximate surface area is 60.0 Å². The standard InChI is InChI=1S/C6H12N2O2/c1-3-5(2)10-8-6(9)4-7/h3,5H,1,4,7H2,2H3,(H,8,9). The molecule has 0 saturated carbocycles. The zero-order valence-electron chi connectivity index (χ0n) is 5.96. The Hall–Kier alpha value is -0.870. The zero-order chi connectivity index (χ0) is 7.98. The van der Waals surface area contributed by atoms with E-state index in [1.165, 1.54) is 0 Å². The third-order valence-electron chi connectivity index (χ3n) is 0.876. The molecule has 0 aromatic carbocycles. The quantitative estimate of drug-likeness (QED) is 0.415. The molecule has 0 aromatic rings. The molecule has 0 rings (SSSR count). The van der Waals surface area contributed by atoms with Crippen molar-refractivity contribution in [3.8, 4) is 0 Å². The van der Waals surface area contributed by atoms with Gasteiger partial charge < -0.3 is 5.73 Å². The molecule has 0 aliphatic rings. The Morgan fingerprint density at radius 1 is 2.00 bits per heavy atom. The summed E-state index contributed by atoms with van der Waals surface area (Å²) >= 11 is 0. The summed E-state index contributed by atoms with van der Waals surface area (Å²) < 4.78 is 0. The molecule has 10 heavy (non-hydrogen) atoms. The average Bonchev–Trinajstić information content (AvgIpc) is 1.99. The molecule has 0 spiro atoms. The lowest BCUT2D eigenvalue weighted by atomic mass is 10.4. The number of hydrogen-bond acceptors (Lipinski definition) is 3. The highest BCUT2D eigenvalue weighted by Crippen LogP contribution is 1.85. The summed E-state index contributed by atoms with van der Waals surface area (Å²) in [4.78, 5) is 15.2. The van der Waals surface area contributed by atoms with Crippen LogP contribution in [0.15, 0.2) is 12.7 Å². The summed E-state index contributed by atoms with van der Waals surface area (Å²) in [7, 11) is 0. The van der Waals surface area contributed by atoms with Crippen LogP contribution in [0.1, 0.15) is 6.92 Å². The molecule has 0 aliphatic carbocycles. The number of amides is 1. The van der Waals surface area contributed by atoms with Gasteiger partial charge in [-0.1, -0.05) is 6.08 Å². The summed E-state index contributed by atoms with van der Waals surface area (Å²) in [5.74, 6) is -0.339. The van der Waals surface area contributed by atoms with E-state index in [4.69, 9.17) is 10.6 Å². The van der Waals surface area contributed by atoms with Crippen LogP contribution in [0.4, 0.5) is 0 Å². The summed E-state index contributed by atoms with van der Waals surface area (Å²) in [6.45, 7) is 5.14. The van der Waals surface area contributed by atoms with Gasteiger partial charge in [0.25, 0.3) is 5.91 Å². The van der Waals surface area contributed by atoms with Crippen molar-refractivity contribution in [1.82, 2.24) is 5.48 Å². The minimum Gasteiger partial charge on any atom is -0.322 e. The topological polar surface area (TPSA) is 64.3 Å². The molecule has 0 fully saturated rings. The Morgan fingerprint density at radius 2 is 2.60 bits per heavy atom. The van der Waals surface area contributed by atoms with E-state index in [0.29, 0.717) is 0 Å². The van der Waals surface area contributed by atoms with Crippen LogP contribution in [-0.4, -0.2) is 18.6 Å². The average molecular weight is 144 g/mol.